The number of hydrogen-bond acceptors (Lipinski definition) is 3. The number of nitrogens with two attached hydrogens (primary N) is 1. The zero-order valence-corrected chi connectivity index (χ0v) is 11.2. The lowest BCUT2D eigenvalue weighted by Gasteiger charge is -2.34. The third-order valence-corrected chi connectivity index (χ3v) is 3.45. The second-order valence-corrected chi connectivity index (χ2v) is 4.69. The lowest BCUT2D eigenvalue weighted by molar-refractivity contribution is 0.0459. The molecule has 0 radical (unpaired) electrons. The normalized spacial score (nSPS) is 16.6. The average Bonchev–Trinajstić information content (AvgIpc) is 2.39. The van der Waals surface area contributed by atoms with Crippen molar-refractivity contribution in [2.75, 3.05) is 24.6 Å². The fraction of sp³-hybridized carbons (Fsp3) is 0.500. The molecule has 0 bridgehead atoms. The van der Waals surface area contributed by atoms with E-state index >= 15 is 0 Å². The number of nitrogens with one attached hydrogen (secondary N) is 1. The van der Waals surface area contributed by atoms with Crippen LogP contribution in [0.4, 0.5) is 10.1 Å². The summed E-state index contributed by atoms with van der Waals surface area (Å²) < 4.78 is 19.4. The Balaban J connectivity index is 2.15. The molecule has 104 valence electrons. The van der Waals surface area contributed by atoms with Crippen LogP contribution in [0.5, 0.6) is 0 Å². The van der Waals surface area contributed by atoms with Crippen molar-refractivity contribution in [3.63, 3.8) is 0 Å². The molecule has 5 heteroatoms. The van der Waals surface area contributed by atoms with E-state index in [0.717, 1.165) is 32.5 Å². The number of amidine groups is 1. The molecule has 0 spiro atoms. The fourth-order valence-corrected chi connectivity index (χ4v) is 2.54. The second-order valence-electron chi connectivity index (χ2n) is 4.69. The third-order valence-electron chi connectivity index (χ3n) is 3.45. The van der Waals surface area contributed by atoms with Gasteiger partial charge in [0.2, 0.25) is 0 Å². The molecular weight excluding hydrogens is 245 g/mol. The van der Waals surface area contributed by atoms with Gasteiger partial charge in [0.1, 0.15) is 11.7 Å². The summed E-state index contributed by atoms with van der Waals surface area (Å²) in [5, 5.41) is 7.53. The number of ether oxygens (including phenoxy) is 1. The zero-order chi connectivity index (χ0) is 13.8. The highest BCUT2D eigenvalue weighted by Crippen LogP contribution is 2.26. The molecule has 1 aromatic rings. The molecule has 0 amide bonds. The molecule has 2 rings (SSSR count). The van der Waals surface area contributed by atoms with Crippen molar-refractivity contribution in [1.29, 1.82) is 5.41 Å². The number of piperidine rings is 1. The molecule has 0 unspecified atom stereocenters. The number of anilines is 1. The monoisotopic (exact) mass is 265 g/mol. The van der Waals surface area contributed by atoms with Crippen LogP contribution in [0.2, 0.25) is 0 Å². The van der Waals surface area contributed by atoms with Gasteiger partial charge in [0, 0.05) is 19.7 Å². The third kappa shape index (κ3) is 3.04. The van der Waals surface area contributed by atoms with Crippen molar-refractivity contribution >= 4 is 11.5 Å². The van der Waals surface area contributed by atoms with Crippen molar-refractivity contribution < 1.29 is 9.13 Å². The molecule has 0 aliphatic carbocycles. The van der Waals surface area contributed by atoms with E-state index in [1.54, 1.807) is 6.07 Å². The summed E-state index contributed by atoms with van der Waals surface area (Å²) in [6.45, 7) is 4.32. The molecule has 1 aliphatic rings. The Bertz CT molecular complexity index is 456. The summed E-state index contributed by atoms with van der Waals surface area (Å²) in [5.74, 6) is -0.656. The van der Waals surface area contributed by atoms with Crippen molar-refractivity contribution in [2.24, 2.45) is 5.73 Å². The van der Waals surface area contributed by atoms with Gasteiger partial charge in [0.05, 0.1) is 17.4 Å². The van der Waals surface area contributed by atoms with Gasteiger partial charge in [-0.2, -0.15) is 0 Å². The van der Waals surface area contributed by atoms with E-state index in [-0.39, 0.29) is 17.5 Å². The standard InChI is InChI=1S/C14H20FN3O/c1-2-19-10-6-8-18(9-7-10)12-5-3-4-11(15)13(12)14(16)17/h3-5,10H,2,6-9H2,1H3,(H3,16,17). The number of nitrogens with zero attached hydrogens (tertiary/aromatic N) is 1. The van der Waals surface area contributed by atoms with Gasteiger partial charge in [-0.3, -0.25) is 5.41 Å². The quantitative estimate of drug-likeness (QED) is 0.647. The van der Waals surface area contributed by atoms with Crippen LogP contribution < -0.4 is 10.6 Å². The van der Waals surface area contributed by atoms with Gasteiger partial charge in [0.15, 0.2) is 0 Å². The van der Waals surface area contributed by atoms with Crippen LogP contribution >= 0.6 is 0 Å². The van der Waals surface area contributed by atoms with Gasteiger partial charge in [-0.15, -0.1) is 0 Å². The summed E-state index contributed by atoms with van der Waals surface area (Å²) in [5.41, 5.74) is 6.41. The maximum absolute atomic E-state index is 13.8. The highest BCUT2D eigenvalue weighted by atomic mass is 19.1. The first-order valence-electron chi connectivity index (χ1n) is 6.63. The predicted octanol–water partition coefficient (Wildman–Crippen LogP) is 2.12. The van der Waals surface area contributed by atoms with Crippen LogP contribution in [-0.2, 0) is 4.74 Å². The molecule has 1 saturated heterocycles. The van der Waals surface area contributed by atoms with Crippen LogP contribution in [0.15, 0.2) is 18.2 Å². The van der Waals surface area contributed by atoms with Crippen molar-refractivity contribution in [2.45, 2.75) is 25.9 Å². The molecule has 19 heavy (non-hydrogen) atoms. The highest BCUT2D eigenvalue weighted by Gasteiger charge is 2.23. The van der Waals surface area contributed by atoms with E-state index in [0.29, 0.717) is 5.69 Å². The number of benzene rings is 1. The first-order chi connectivity index (χ1) is 9.13. The van der Waals surface area contributed by atoms with E-state index in [1.807, 2.05) is 13.0 Å². The second kappa shape index (κ2) is 6.02. The summed E-state index contributed by atoms with van der Waals surface area (Å²) in [6, 6.07) is 4.82. The van der Waals surface area contributed by atoms with Gasteiger partial charge in [0.25, 0.3) is 0 Å². The van der Waals surface area contributed by atoms with Crippen molar-refractivity contribution in [3.05, 3.63) is 29.6 Å². The molecule has 1 fully saturated rings. The van der Waals surface area contributed by atoms with Gasteiger partial charge < -0.3 is 15.4 Å². The largest absolute Gasteiger partial charge is 0.384 e. The van der Waals surface area contributed by atoms with Gasteiger partial charge in [-0.1, -0.05) is 6.07 Å². The molecule has 0 atom stereocenters. The number of hydrogen-bond donors (Lipinski definition) is 2. The Morgan fingerprint density at radius 3 is 2.74 bits per heavy atom. The van der Waals surface area contributed by atoms with Crippen LogP contribution in [-0.4, -0.2) is 31.6 Å². The van der Waals surface area contributed by atoms with Crippen molar-refractivity contribution in [1.82, 2.24) is 0 Å². The Morgan fingerprint density at radius 2 is 2.16 bits per heavy atom. The fourth-order valence-electron chi connectivity index (χ4n) is 2.54. The molecule has 1 heterocycles. The minimum atomic E-state index is -0.433. The molecule has 0 saturated carbocycles. The lowest BCUT2D eigenvalue weighted by Crippen LogP contribution is -2.38. The van der Waals surface area contributed by atoms with Crippen LogP contribution in [0, 0.1) is 11.2 Å². The van der Waals surface area contributed by atoms with E-state index < -0.39 is 5.82 Å². The summed E-state index contributed by atoms with van der Waals surface area (Å²) in [7, 11) is 0. The molecule has 3 N–H and O–H groups in total. The average molecular weight is 265 g/mol. The zero-order valence-electron chi connectivity index (χ0n) is 11.2. The van der Waals surface area contributed by atoms with Crippen LogP contribution in [0.1, 0.15) is 25.3 Å². The van der Waals surface area contributed by atoms with Crippen LogP contribution in [0.3, 0.4) is 0 Å². The van der Waals surface area contributed by atoms with Gasteiger partial charge in [-0.05, 0) is 31.9 Å². The minimum absolute atomic E-state index is 0.206. The van der Waals surface area contributed by atoms with Crippen LogP contribution in [0.25, 0.3) is 0 Å². The molecule has 4 nitrogen and oxygen atoms in total. The molecule has 1 aliphatic heterocycles. The first-order valence-corrected chi connectivity index (χ1v) is 6.63. The van der Waals surface area contributed by atoms with E-state index in [2.05, 4.69) is 4.90 Å². The molecule has 1 aromatic carbocycles. The van der Waals surface area contributed by atoms with Gasteiger partial charge >= 0.3 is 0 Å². The maximum Gasteiger partial charge on any atom is 0.136 e. The van der Waals surface area contributed by atoms with E-state index in [9.17, 15) is 4.39 Å². The maximum atomic E-state index is 13.8. The van der Waals surface area contributed by atoms with Gasteiger partial charge in [-0.25, -0.2) is 4.39 Å². The van der Waals surface area contributed by atoms with Crippen molar-refractivity contribution in [3.8, 4) is 0 Å². The topological polar surface area (TPSA) is 62.3 Å². The number of nitrogen functional groups attached to an aromatic ring is 1. The summed E-state index contributed by atoms with van der Waals surface area (Å²) in [6.07, 6.45) is 2.12. The smallest absolute Gasteiger partial charge is 0.136 e. The highest BCUT2D eigenvalue weighted by molar-refractivity contribution is 6.00. The minimum Gasteiger partial charge on any atom is -0.384 e. The molecular formula is C14H20FN3O. The Morgan fingerprint density at radius 1 is 1.47 bits per heavy atom. The summed E-state index contributed by atoms with van der Waals surface area (Å²) >= 11 is 0. The Kier molecular flexibility index (Phi) is 4.37. The summed E-state index contributed by atoms with van der Waals surface area (Å²) in [4.78, 5) is 2.08. The Labute approximate surface area is 112 Å². The first kappa shape index (κ1) is 13.8. The number of rotatable bonds is 4. The molecule has 0 aromatic heterocycles. The Hall–Kier alpha value is -1.62. The predicted molar refractivity (Wildman–Crippen MR) is 74.3 cm³/mol. The number of halogens is 1. The lowest BCUT2D eigenvalue weighted by atomic mass is 10.0. The van der Waals surface area contributed by atoms with E-state index in [1.165, 1.54) is 6.07 Å². The van der Waals surface area contributed by atoms with E-state index in [4.69, 9.17) is 15.9 Å². The SMILES string of the molecule is CCOC1CCN(c2cccc(F)c2C(=N)N)CC1.